The first-order chi connectivity index (χ1) is 7.68. The van der Waals surface area contributed by atoms with Crippen LogP contribution in [0.5, 0.6) is 0 Å². The van der Waals surface area contributed by atoms with E-state index in [1.807, 2.05) is 7.05 Å². The normalized spacial score (nSPS) is 16.4. The van der Waals surface area contributed by atoms with Crippen LogP contribution in [0.1, 0.15) is 36.2 Å². The summed E-state index contributed by atoms with van der Waals surface area (Å²) in [6.45, 7) is 0. The number of nitrogens with zero attached hydrogens (tertiary/aromatic N) is 3. The maximum Gasteiger partial charge on any atom is 0.274 e. The predicted molar refractivity (Wildman–Crippen MR) is 61.4 cm³/mol. The Morgan fingerprint density at radius 3 is 2.62 bits per heavy atom. The molecule has 5 heteroatoms. The molecular weight excluding hydrogens is 226 g/mol. The molecule has 0 spiro atoms. The van der Waals surface area contributed by atoms with Gasteiger partial charge in [-0.2, -0.15) is 0 Å². The molecule has 0 N–H and O–H groups in total. The van der Waals surface area contributed by atoms with Crippen LogP contribution < -0.4 is 0 Å². The summed E-state index contributed by atoms with van der Waals surface area (Å²) in [6.07, 6.45) is 7.41. The molecule has 1 saturated carbocycles. The molecule has 0 aliphatic heterocycles. The molecule has 0 aromatic carbocycles. The number of hydrogen-bond donors (Lipinski definition) is 0. The van der Waals surface area contributed by atoms with E-state index >= 15 is 0 Å². The van der Waals surface area contributed by atoms with Crippen LogP contribution >= 0.6 is 11.6 Å². The number of amides is 1. The fourth-order valence-electron chi connectivity index (χ4n) is 2.06. The van der Waals surface area contributed by atoms with Crippen LogP contribution in [0.4, 0.5) is 0 Å². The van der Waals surface area contributed by atoms with Crippen LogP contribution in [0.15, 0.2) is 12.4 Å². The van der Waals surface area contributed by atoms with E-state index in [0.717, 1.165) is 12.8 Å². The van der Waals surface area contributed by atoms with Crippen LogP contribution in [0, 0.1) is 0 Å². The maximum absolute atomic E-state index is 12.0. The van der Waals surface area contributed by atoms with Crippen LogP contribution in [0.2, 0.25) is 5.15 Å². The molecule has 1 fully saturated rings. The van der Waals surface area contributed by atoms with Gasteiger partial charge in [0.05, 0.1) is 12.4 Å². The smallest absolute Gasteiger partial charge is 0.274 e. The van der Waals surface area contributed by atoms with E-state index in [4.69, 9.17) is 11.6 Å². The molecule has 0 saturated heterocycles. The molecule has 1 aliphatic carbocycles. The van der Waals surface area contributed by atoms with Crippen LogP contribution in [-0.2, 0) is 0 Å². The Balaban J connectivity index is 2.08. The van der Waals surface area contributed by atoms with Crippen molar-refractivity contribution >= 4 is 17.5 Å². The van der Waals surface area contributed by atoms with Gasteiger partial charge in [0.15, 0.2) is 0 Å². The summed E-state index contributed by atoms with van der Waals surface area (Å²) in [5.74, 6) is -0.0731. The predicted octanol–water partition coefficient (Wildman–Crippen LogP) is 2.14. The third kappa shape index (κ3) is 2.32. The third-order valence-electron chi connectivity index (χ3n) is 3.03. The van der Waals surface area contributed by atoms with Gasteiger partial charge in [0.25, 0.3) is 5.91 Å². The minimum absolute atomic E-state index is 0.0731. The summed E-state index contributed by atoms with van der Waals surface area (Å²) in [5.41, 5.74) is 0.360. The lowest BCUT2D eigenvalue weighted by Crippen LogP contribution is -2.35. The molecule has 0 unspecified atom stereocenters. The zero-order valence-electron chi connectivity index (χ0n) is 9.19. The van der Waals surface area contributed by atoms with E-state index < -0.39 is 0 Å². The summed E-state index contributed by atoms with van der Waals surface area (Å²) >= 11 is 5.62. The Labute approximate surface area is 99.6 Å². The molecule has 1 aromatic heterocycles. The highest BCUT2D eigenvalue weighted by Gasteiger charge is 2.24. The number of aromatic nitrogens is 2. The van der Waals surface area contributed by atoms with Crippen LogP contribution in [0.25, 0.3) is 0 Å². The summed E-state index contributed by atoms with van der Waals surface area (Å²) in [4.78, 5) is 21.6. The molecule has 16 heavy (non-hydrogen) atoms. The van der Waals surface area contributed by atoms with Gasteiger partial charge in [0.1, 0.15) is 10.8 Å². The van der Waals surface area contributed by atoms with Crippen LogP contribution in [-0.4, -0.2) is 33.9 Å². The van der Waals surface area contributed by atoms with Crippen molar-refractivity contribution in [3.63, 3.8) is 0 Å². The second-order valence-electron chi connectivity index (χ2n) is 4.08. The second-order valence-corrected chi connectivity index (χ2v) is 4.47. The summed E-state index contributed by atoms with van der Waals surface area (Å²) < 4.78 is 0. The monoisotopic (exact) mass is 239 g/mol. The zero-order valence-corrected chi connectivity index (χ0v) is 9.94. The lowest BCUT2D eigenvalue weighted by molar-refractivity contribution is 0.0728. The van der Waals surface area contributed by atoms with Gasteiger partial charge in [-0.3, -0.25) is 4.79 Å². The van der Waals surface area contributed by atoms with Gasteiger partial charge < -0.3 is 4.90 Å². The first kappa shape index (κ1) is 11.3. The average molecular weight is 240 g/mol. The first-order valence-corrected chi connectivity index (χ1v) is 5.81. The molecule has 2 rings (SSSR count). The van der Waals surface area contributed by atoms with Crippen molar-refractivity contribution < 1.29 is 4.79 Å². The van der Waals surface area contributed by atoms with Crippen molar-refractivity contribution in [3.8, 4) is 0 Å². The molecule has 1 aliphatic rings. The summed E-state index contributed by atoms with van der Waals surface area (Å²) in [6, 6.07) is 0.352. The summed E-state index contributed by atoms with van der Waals surface area (Å²) in [5, 5.41) is 0.306. The Morgan fingerprint density at radius 1 is 1.38 bits per heavy atom. The minimum atomic E-state index is -0.0731. The zero-order chi connectivity index (χ0) is 11.5. The molecule has 0 atom stereocenters. The van der Waals surface area contributed by atoms with Gasteiger partial charge in [-0.25, -0.2) is 9.97 Å². The SMILES string of the molecule is CN(C(=O)c1cnc(Cl)cn1)C1CCCC1. The van der Waals surface area contributed by atoms with Gasteiger partial charge in [0.2, 0.25) is 0 Å². The van der Waals surface area contributed by atoms with Crippen molar-refractivity contribution in [2.24, 2.45) is 0 Å². The van der Waals surface area contributed by atoms with Crippen molar-refractivity contribution in [2.75, 3.05) is 7.05 Å². The third-order valence-corrected chi connectivity index (χ3v) is 3.23. The molecule has 1 heterocycles. The first-order valence-electron chi connectivity index (χ1n) is 5.43. The van der Waals surface area contributed by atoms with E-state index in [0.29, 0.717) is 16.9 Å². The number of rotatable bonds is 2. The second kappa shape index (κ2) is 4.78. The molecular formula is C11H14ClN3O. The largest absolute Gasteiger partial charge is 0.337 e. The standard InChI is InChI=1S/C11H14ClN3O/c1-15(8-4-2-3-5-8)11(16)9-6-14-10(12)7-13-9/h6-8H,2-5H2,1H3. The number of halogens is 1. The fraction of sp³-hybridized carbons (Fsp3) is 0.545. The molecule has 1 amide bonds. The molecule has 0 radical (unpaired) electrons. The molecule has 86 valence electrons. The van der Waals surface area contributed by atoms with Gasteiger partial charge in [-0.15, -0.1) is 0 Å². The van der Waals surface area contributed by atoms with Gasteiger partial charge in [-0.1, -0.05) is 24.4 Å². The Morgan fingerprint density at radius 2 is 2.06 bits per heavy atom. The van der Waals surface area contributed by atoms with E-state index in [2.05, 4.69) is 9.97 Å². The summed E-state index contributed by atoms with van der Waals surface area (Å²) in [7, 11) is 1.83. The van der Waals surface area contributed by atoms with Crippen LogP contribution in [0.3, 0.4) is 0 Å². The van der Waals surface area contributed by atoms with Crippen molar-refractivity contribution in [2.45, 2.75) is 31.7 Å². The van der Waals surface area contributed by atoms with Crippen molar-refractivity contribution in [3.05, 3.63) is 23.2 Å². The number of carbonyl (C=O) groups is 1. The molecule has 1 aromatic rings. The van der Waals surface area contributed by atoms with E-state index in [1.165, 1.54) is 25.2 Å². The molecule has 4 nitrogen and oxygen atoms in total. The highest BCUT2D eigenvalue weighted by Crippen LogP contribution is 2.23. The van der Waals surface area contributed by atoms with Gasteiger partial charge in [0, 0.05) is 13.1 Å². The Hall–Kier alpha value is -1.16. The van der Waals surface area contributed by atoms with E-state index in [9.17, 15) is 4.79 Å². The average Bonchev–Trinajstić information content (AvgIpc) is 2.81. The lowest BCUT2D eigenvalue weighted by Gasteiger charge is -2.23. The Bertz CT molecular complexity index is 373. The number of hydrogen-bond acceptors (Lipinski definition) is 3. The van der Waals surface area contributed by atoms with E-state index in [-0.39, 0.29) is 5.91 Å². The van der Waals surface area contributed by atoms with E-state index in [1.54, 1.807) is 4.90 Å². The topological polar surface area (TPSA) is 46.1 Å². The van der Waals surface area contributed by atoms with Gasteiger partial charge >= 0.3 is 0 Å². The van der Waals surface area contributed by atoms with Gasteiger partial charge in [-0.05, 0) is 12.8 Å². The fourth-order valence-corrected chi connectivity index (χ4v) is 2.16. The minimum Gasteiger partial charge on any atom is -0.337 e. The maximum atomic E-state index is 12.0. The lowest BCUT2D eigenvalue weighted by atomic mass is 10.2. The quantitative estimate of drug-likeness (QED) is 0.795. The van der Waals surface area contributed by atoms with Crippen molar-refractivity contribution in [1.29, 1.82) is 0 Å². The number of carbonyl (C=O) groups excluding carboxylic acids is 1. The highest BCUT2D eigenvalue weighted by atomic mass is 35.5. The highest BCUT2D eigenvalue weighted by molar-refractivity contribution is 6.29. The molecule has 0 bridgehead atoms. The Kier molecular flexibility index (Phi) is 3.39. The van der Waals surface area contributed by atoms with Crippen molar-refractivity contribution in [1.82, 2.24) is 14.9 Å².